The molecule has 0 aliphatic rings. The number of hydrogen-bond acceptors (Lipinski definition) is 3. The lowest BCUT2D eigenvalue weighted by atomic mass is 10.1. The van der Waals surface area contributed by atoms with E-state index in [0.717, 1.165) is 46.1 Å². The zero-order chi connectivity index (χ0) is 21.5. The smallest absolute Gasteiger partial charge is 0.339 e. The first-order chi connectivity index (χ1) is 14.5. The van der Waals surface area contributed by atoms with E-state index in [1.807, 2.05) is 75.4 Å². The van der Waals surface area contributed by atoms with Gasteiger partial charge in [-0.2, -0.15) is 5.10 Å². The minimum Gasteiger partial charge on any atom is -0.494 e. The second kappa shape index (κ2) is 9.78. The number of ether oxygens (including phenoxy) is 1. The Labute approximate surface area is 177 Å². The molecule has 0 saturated carbocycles. The molecule has 0 fully saturated rings. The summed E-state index contributed by atoms with van der Waals surface area (Å²) in [5.74, 6) is 0.852. The molecule has 0 aliphatic heterocycles. The van der Waals surface area contributed by atoms with E-state index in [1.165, 1.54) is 0 Å². The van der Waals surface area contributed by atoms with Crippen LogP contribution in [0.5, 0.6) is 5.75 Å². The van der Waals surface area contributed by atoms with Crippen molar-refractivity contribution in [3.63, 3.8) is 0 Å². The maximum atomic E-state index is 12.2. The first-order valence-electron chi connectivity index (χ1n) is 10.1. The third-order valence-corrected chi connectivity index (χ3v) is 4.89. The van der Waals surface area contributed by atoms with Gasteiger partial charge in [0, 0.05) is 28.3 Å². The number of aromatic nitrogens is 1. The number of hydrogen-bond donors (Lipinski definition) is 2. The molecule has 0 unspecified atom stereocenters. The number of urea groups is 1. The summed E-state index contributed by atoms with van der Waals surface area (Å²) in [5.41, 5.74) is 8.53. The molecule has 156 valence electrons. The van der Waals surface area contributed by atoms with Gasteiger partial charge in [0.05, 0.1) is 12.8 Å². The van der Waals surface area contributed by atoms with Gasteiger partial charge in [0.15, 0.2) is 0 Å². The van der Waals surface area contributed by atoms with Gasteiger partial charge < -0.3 is 14.6 Å². The van der Waals surface area contributed by atoms with Gasteiger partial charge >= 0.3 is 6.03 Å². The SMILES string of the molecule is CCOc1ccc(-n2c(C)cc(/C=N/NC(=O)Nc3ccccc3CC)c2C)cc1. The number of aryl methyl sites for hydroxylation is 2. The van der Waals surface area contributed by atoms with Crippen molar-refractivity contribution in [2.45, 2.75) is 34.1 Å². The van der Waals surface area contributed by atoms with Crippen LogP contribution in [0, 0.1) is 13.8 Å². The third-order valence-electron chi connectivity index (χ3n) is 4.89. The average molecular weight is 405 g/mol. The highest BCUT2D eigenvalue weighted by Gasteiger charge is 2.10. The molecule has 2 amide bonds. The van der Waals surface area contributed by atoms with Crippen LogP contribution in [0.25, 0.3) is 5.69 Å². The molecule has 0 bridgehead atoms. The molecule has 6 nitrogen and oxygen atoms in total. The molecule has 0 radical (unpaired) electrons. The molecule has 2 aromatic carbocycles. The summed E-state index contributed by atoms with van der Waals surface area (Å²) in [6, 6.07) is 17.4. The summed E-state index contributed by atoms with van der Waals surface area (Å²) >= 11 is 0. The summed E-state index contributed by atoms with van der Waals surface area (Å²) in [5, 5.41) is 6.96. The molecule has 1 aromatic heterocycles. The molecule has 3 aromatic rings. The van der Waals surface area contributed by atoms with Crippen LogP contribution in [0.3, 0.4) is 0 Å². The Morgan fingerprint density at radius 1 is 1.10 bits per heavy atom. The minimum atomic E-state index is -0.368. The fourth-order valence-corrected chi connectivity index (χ4v) is 3.43. The van der Waals surface area contributed by atoms with Crippen LogP contribution < -0.4 is 15.5 Å². The van der Waals surface area contributed by atoms with Crippen LogP contribution in [0.1, 0.15) is 36.4 Å². The lowest BCUT2D eigenvalue weighted by molar-refractivity contribution is 0.252. The molecule has 2 N–H and O–H groups in total. The van der Waals surface area contributed by atoms with E-state index in [2.05, 4.69) is 27.3 Å². The highest BCUT2D eigenvalue weighted by Crippen LogP contribution is 2.22. The predicted octanol–water partition coefficient (Wildman–Crippen LogP) is 5.21. The van der Waals surface area contributed by atoms with Crippen molar-refractivity contribution >= 4 is 17.9 Å². The summed E-state index contributed by atoms with van der Waals surface area (Å²) in [6.45, 7) is 8.74. The summed E-state index contributed by atoms with van der Waals surface area (Å²) in [6.07, 6.45) is 2.51. The summed E-state index contributed by atoms with van der Waals surface area (Å²) in [4.78, 5) is 12.2. The Bertz CT molecular complexity index is 1040. The van der Waals surface area contributed by atoms with Crippen LogP contribution in [-0.4, -0.2) is 23.4 Å². The number of nitrogens with one attached hydrogen (secondary N) is 2. The molecule has 0 spiro atoms. The number of anilines is 1. The first kappa shape index (κ1) is 21.2. The van der Waals surface area contributed by atoms with Gasteiger partial charge in [-0.25, -0.2) is 10.2 Å². The van der Waals surface area contributed by atoms with Gasteiger partial charge in [0.1, 0.15) is 5.75 Å². The van der Waals surface area contributed by atoms with E-state index in [1.54, 1.807) is 6.21 Å². The van der Waals surface area contributed by atoms with E-state index < -0.39 is 0 Å². The van der Waals surface area contributed by atoms with Crippen molar-refractivity contribution in [3.8, 4) is 11.4 Å². The normalized spacial score (nSPS) is 10.9. The lowest BCUT2D eigenvalue weighted by Crippen LogP contribution is -2.24. The van der Waals surface area contributed by atoms with Crippen molar-refractivity contribution < 1.29 is 9.53 Å². The molecule has 0 atom stereocenters. The fraction of sp³-hybridized carbons (Fsp3) is 0.250. The highest BCUT2D eigenvalue weighted by molar-refractivity contribution is 5.91. The standard InChI is InChI=1S/C24H28N4O2/c1-5-19-9-7-8-10-23(19)26-24(29)27-25-16-20-15-17(3)28(18(20)4)21-11-13-22(14-12-21)30-6-2/h7-16H,5-6H2,1-4H3,(H2,26,27,29)/b25-16+. The predicted molar refractivity (Wildman–Crippen MR) is 122 cm³/mol. The molecule has 6 heteroatoms. The van der Waals surface area contributed by atoms with Crippen molar-refractivity contribution in [1.82, 2.24) is 9.99 Å². The van der Waals surface area contributed by atoms with Gasteiger partial charge in [-0.15, -0.1) is 0 Å². The van der Waals surface area contributed by atoms with Crippen molar-refractivity contribution in [2.24, 2.45) is 5.10 Å². The molecule has 30 heavy (non-hydrogen) atoms. The van der Waals surface area contributed by atoms with Crippen molar-refractivity contribution in [3.05, 3.63) is 77.1 Å². The van der Waals surface area contributed by atoms with Gasteiger partial charge in [0.2, 0.25) is 0 Å². The number of amides is 2. The zero-order valence-electron chi connectivity index (χ0n) is 17.9. The zero-order valence-corrected chi connectivity index (χ0v) is 17.9. The first-order valence-corrected chi connectivity index (χ1v) is 10.1. The van der Waals surface area contributed by atoms with Gasteiger partial charge in [-0.05, 0) is 69.2 Å². The molecular weight excluding hydrogens is 376 g/mol. The number of carbonyl (C=O) groups is 1. The highest BCUT2D eigenvalue weighted by atomic mass is 16.5. The summed E-state index contributed by atoms with van der Waals surface area (Å²) in [7, 11) is 0. The maximum absolute atomic E-state index is 12.2. The van der Waals surface area contributed by atoms with E-state index in [0.29, 0.717) is 6.61 Å². The largest absolute Gasteiger partial charge is 0.494 e. The second-order valence-corrected chi connectivity index (χ2v) is 6.92. The maximum Gasteiger partial charge on any atom is 0.339 e. The van der Waals surface area contributed by atoms with Crippen LogP contribution in [0.15, 0.2) is 59.7 Å². The van der Waals surface area contributed by atoms with Crippen molar-refractivity contribution in [2.75, 3.05) is 11.9 Å². The topological polar surface area (TPSA) is 67.6 Å². The monoisotopic (exact) mass is 404 g/mol. The van der Waals surface area contributed by atoms with Gasteiger partial charge in [0.25, 0.3) is 0 Å². The van der Waals surface area contributed by atoms with Gasteiger partial charge in [-0.1, -0.05) is 25.1 Å². The molecular formula is C24H28N4O2. The number of nitrogens with zero attached hydrogens (tertiary/aromatic N) is 2. The molecule has 0 saturated heterocycles. The van der Waals surface area contributed by atoms with Crippen LogP contribution in [0.2, 0.25) is 0 Å². The number of hydrazone groups is 1. The van der Waals surface area contributed by atoms with Gasteiger partial charge in [-0.3, -0.25) is 0 Å². The molecule has 0 aliphatic carbocycles. The Balaban J connectivity index is 1.69. The van der Waals surface area contributed by atoms with Crippen molar-refractivity contribution in [1.29, 1.82) is 0 Å². The number of para-hydroxylation sites is 1. The third kappa shape index (κ3) is 4.89. The van der Waals surface area contributed by atoms with Crippen LogP contribution in [0.4, 0.5) is 10.5 Å². The lowest BCUT2D eigenvalue weighted by Gasteiger charge is -2.11. The van der Waals surface area contributed by atoms with Crippen LogP contribution >= 0.6 is 0 Å². The molecule has 3 rings (SSSR count). The minimum absolute atomic E-state index is 0.368. The Hall–Kier alpha value is -3.54. The van der Waals surface area contributed by atoms with E-state index in [9.17, 15) is 4.79 Å². The number of carbonyl (C=O) groups excluding carboxylic acids is 1. The number of benzene rings is 2. The Kier molecular flexibility index (Phi) is 6.91. The Morgan fingerprint density at radius 3 is 2.53 bits per heavy atom. The van der Waals surface area contributed by atoms with E-state index in [4.69, 9.17) is 4.74 Å². The molecule has 1 heterocycles. The average Bonchev–Trinajstić information content (AvgIpc) is 3.02. The second-order valence-electron chi connectivity index (χ2n) is 6.92. The Morgan fingerprint density at radius 2 is 1.83 bits per heavy atom. The van der Waals surface area contributed by atoms with E-state index in [-0.39, 0.29) is 6.03 Å². The summed E-state index contributed by atoms with van der Waals surface area (Å²) < 4.78 is 7.67. The quantitative estimate of drug-likeness (QED) is 0.419. The fourth-order valence-electron chi connectivity index (χ4n) is 3.43. The van der Waals surface area contributed by atoms with Crippen LogP contribution in [-0.2, 0) is 6.42 Å². The van der Waals surface area contributed by atoms with E-state index >= 15 is 0 Å². The number of rotatable bonds is 7.